The van der Waals surface area contributed by atoms with Gasteiger partial charge in [-0.1, -0.05) is 24.6 Å². The summed E-state index contributed by atoms with van der Waals surface area (Å²) in [6, 6.07) is 4.34. The number of ether oxygens (including phenoxy) is 2. The topological polar surface area (TPSA) is 47.7 Å². The number of likely N-dealkylation sites (tertiary alicyclic amines) is 1. The maximum Gasteiger partial charge on any atom is 0.179 e. The highest BCUT2D eigenvalue weighted by molar-refractivity contribution is 6.33. The predicted molar refractivity (Wildman–Crippen MR) is 93.5 cm³/mol. The van der Waals surface area contributed by atoms with Gasteiger partial charge in [-0.15, -0.1) is 12.4 Å². The van der Waals surface area contributed by atoms with Crippen molar-refractivity contribution in [3.8, 4) is 11.5 Å². The van der Waals surface area contributed by atoms with Gasteiger partial charge in [0.2, 0.25) is 0 Å². The molecule has 2 N–H and O–H groups in total. The molecule has 0 aliphatic carbocycles. The first kappa shape index (κ1) is 19.4. The fourth-order valence-corrected chi connectivity index (χ4v) is 3.48. The Kier molecular flexibility index (Phi) is 7.77. The molecule has 126 valence electrons. The van der Waals surface area contributed by atoms with Gasteiger partial charge < -0.3 is 15.2 Å². The molecule has 1 aliphatic heterocycles. The molecule has 0 saturated carbocycles. The molecule has 0 radical (unpaired) electrons. The van der Waals surface area contributed by atoms with E-state index in [0.29, 0.717) is 35.0 Å². The van der Waals surface area contributed by atoms with Crippen LogP contribution in [0.1, 0.15) is 25.3 Å². The van der Waals surface area contributed by atoms with Crippen LogP contribution in [0.5, 0.6) is 11.5 Å². The van der Waals surface area contributed by atoms with Gasteiger partial charge >= 0.3 is 0 Å². The minimum absolute atomic E-state index is 0. The van der Waals surface area contributed by atoms with Crippen LogP contribution in [0.15, 0.2) is 12.1 Å². The molecule has 1 heterocycles. The quantitative estimate of drug-likeness (QED) is 0.886. The maximum atomic E-state index is 6.48. The van der Waals surface area contributed by atoms with Gasteiger partial charge in [0.15, 0.2) is 11.5 Å². The molecule has 2 atom stereocenters. The van der Waals surface area contributed by atoms with Crippen molar-refractivity contribution in [3.05, 3.63) is 22.7 Å². The average Bonchev–Trinajstić information content (AvgIpc) is 2.49. The maximum absolute atomic E-state index is 6.48. The number of halogens is 2. The number of nitrogens with two attached hydrogens (primary N) is 1. The average molecular weight is 349 g/mol. The molecule has 1 aliphatic rings. The minimum Gasteiger partial charge on any atom is -0.493 e. The highest BCUT2D eigenvalue weighted by Gasteiger charge is 2.28. The highest BCUT2D eigenvalue weighted by atomic mass is 35.5. The Balaban J connectivity index is 0.00000242. The van der Waals surface area contributed by atoms with E-state index in [1.54, 1.807) is 14.2 Å². The second-order valence-electron chi connectivity index (χ2n) is 5.67. The fourth-order valence-electron chi connectivity index (χ4n) is 3.18. The lowest BCUT2D eigenvalue weighted by Crippen LogP contribution is -2.48. The smallest absolute Gasteiger partial charge is 0.179 e. The predicted octanol–water partition coefficient (Wildman–Crippen LogP) is 3.34. The molecular formula is C16H26Cl2N2O2. The van der Waals surface area contributed by atoms with Crippen molar-refractivity contribution < 1.29 is 9.47 Å². The monoisotopic (exact) mass is 348 g/mol. The zero-order chi connectivity index (χ0) is 15.4. The summed E-state index contributed by atoms with van der Waals surface area (Å²) in [5, 5.41) is 0.630. The Morgan fingerprint density at radius 3 is 2.64 bits per heavy atom. The van der Waals surface area contributed by atoms with Gasteiger partial charge in [0, 0.05) is 19.1 Å². The zero-order valence-corrected chi connectivity index (χ0v) is 15.0. The number of hydrogen-bond acceptors (Lipinski definition) is 4. The standard InChI is InChI=1S/C16H25ClN2O2.ClH/c1-11-5-4-8-19(13(11)9-18)10-12-6-7-14(20-2)16(21-3)15(12)17;/h6-7,11,13H,4-5,8-10,18H2,1-3H3;1H. The van der Waals surface area contributed by atoms with Gasteiger partial charge in [-0.25, -0.2) is 0 Å². The minimum atomic E-state index is 0. The van der Waals surface area contributed by atoms with Crippen LogP contribution in [-0.4, -0.2) is 38.3 Å². The van der Waals surface area contributed by atoms with E-state index in [1.807, 2.05) is 12.1 Å². The molecule has 1 aromatic rings. The molecular weight excluding hydrogens is 323 g/mol. The number of rotatable bonds is 5. The molecule has 4 nitrogen and oxygen atoms in total. The van der Waals surface area contributed by atoms with Crippen LogP contribution in [0.25, 0.3) is 0 Å². The number of benzene rings is 1. The lowest BCUT2D eigenvalue weighted by atomic mass is 9.90. The van der Waals surface area contributed by atoms with Crippen LogP contribution in [0.4, 0.5) is 0 Å². The number of methoxy groups -OCH3 is 2. The van der Waals surface area contributed by atoms with E-state index in [4.69, 9.17) is 26.8 Å². The van der Waals surface area contributed by atoms with Crippen molar-refractivity contribution in [2.45, 2.75) is 32.4 Å². The molecule has 0 spiro atoms. The van der Waals surface area contributed by atoms with Gasteiger partial charge in [0.1, 0.15) is 0 Å². The second kappa shape index (κ2) is 8.82. The first-order chi connectivity index (χ1) is 10.1. The van der Waals surface area contributed by atoms with E-state index < -0.39 is 0 Å². The summed E-state index contributed by atoms with van der Waals surface area (Å²) in [5.74, 6) is 1.89. The van der Waals surface area contributed by atoms with Crippen LogP contribution in [-0.2, 0) is 6.54 Å². The summed E-state index contributed by atoms with van der Waals surface area (Å²) in [4.78, 5) is 2.43. The first-order valence-corrected chi connectivity index (χ1v) is 7.83. The lowest BCUT2D eigenvalue weighted by molar-refractivity contribution is 0.0990. The van der Waals surface area contributed by atoms with E-state index in [0.717, 1.165) is 18.7 Å². The van der Waals surface area contributed by atoms with Gasteiger partial charge in [-0.3, -0.25) is 4.90 Å². The second-order valence-corrected chi connectivity index (χ2v) is 6.05. The third-order valence-corrected chi connectivity index (χ3v) is 4.82. The molecule has 0 bridgehead atoms. The van der Waals surface area contributed by atoms with Crippen LogP contribution in [0, 0.1) is 5.92 Å². The Labute approximate surface area is 144 Å². The normalized spacial score (nSPS) is 22.0. The van der Waals surface area contributed by atoms with Gasteiger partial charge in [0.25, 0.3) is 0 Å². The molecule has 2 rings (SSSR count). The van der Waals surface area contributed by atoms with E-state index in [2.05, 4.69) is 11.8 Å². The van der Waals surface area contributed by atoms with Crippen LogP contribution in [0.2, 0.25) is 5.02 Å². The molecule has 1 saturated heterocycles. The van der Waals surface area contributed by atoms with Crippen LogP contribution in [0.3, 0.4) is 0 Å². The summed E-state index contributed by atoms with van der Waals surface area (Å²) >= 11 is 6.48. The molecule has 1 aromatic carbocycles. The molecule has 2 unspecified atom stereocenters. The van der Waals surface area contributed by atoms with Gasteiger partial charge in [0.05, 0.1) is 19.2 Å². The van der Waals surface area contributed by atoms with Gasteiger partial charge in [-0.2, -0.15) is 0 Å². The zero-order valence-electron chi connectivity index (χ0n) is 13.5. The van der Waals surface area contributed by atoms with E-state index in [1.165, 1.54) is 12.8 Å². The van der Waals surface area contributed by atoms with Crippen molar-refractivity contribution in [3.63, 3.8) is 0 Å². The molecule has 22 heavy (non-hydrogen) atoms. The summed E-state index contributed by atoms with van der Waals surface area (Å²) in [6.07, 6.45) is 2.46. The fraction of sp³-hybridized carbons (Fsp3) is 0.625. The third-order valence-electron chi connectivity index (χ3n) is 4.41. The summed E-state index contributed by atoms with van der Waals surface area (Å²) in [6.45, 7) is 4.83. The Hall–Kier alpha value is -0.680. The molecule has 0 amide bonds. The number of nitrogens with zero attached hydrogens (tertiary/aromatic N) is 1. The molecule has 0 aromatic heterocycles. The van der Waals surface area contributed by atoms with Crippen molar-refractivity contribution in [2.75, 3.05) is 27.3 Å². The number of hydrogen-bond donors (Lipinski definition) is 1. The summed E-state index contributed by atoms with van der Waals surface area (Å²) in [7, 11) is 3.23. The van der Waals surface area contributed by atoms with Crippen LogP contribution >= 0.6 is 24.0 Å². The molecule has 1 fully saturated rings. The van der Waals surface area contributed by atoms with E-state index in [-0.39, 0.29) is 12.4 Å². The van der Waals surface area contributed by atoms with Crippen molar-refractivity contribution in [1.82, 2.24) is 4.90 Å². The summed E-state index contributed by atoms with van der Waals surface area (Å²) < 4.78 is 10.6. The Morgan fingerprint density at radius 2 is 2.05 bits per heavy atom. The van der Waals surface area contributed by atoms with Crippen molar-refractivity contribution in [1.29, 1.82) is 0 Å². The third kappa shape index (κ3) is 3.99. The lowest BCUT2D eigenvalue weighted by Gasteiger charge is -2.39. The van der Waals surface area contributed by atoms with E-state index >= 15 is 0 Å². The Morgan fingerprint density at radius 1 is 1.32 bits per heavy atom. The first-order valence-electron chi connectivity index (χ1n) is 7.45. The van der Waals surface area contributed by atoms with Crippen molar-refractivity contribution in [2.24, 2.45) is 11.7 Å². The Bertz CT molecular complexity index is 485. The summed E-state index contributed by atoms with van der Waals surface area (Å²) in [5.41, 5.74) is 7.02. The SMILES string of the molecule is COc1ccc(CN2CCCC(C)C2CN)c(Cl)c1OC.Cl. The number of piperidine rings is 1. The molecule has 6 heteroatoms. The van der Waals surface area contributed by atoms with E-state index in [9.17, 15) is 0 Å². The van der Waals surface area contributed by atoms with Crippen LogP contribution < -0.4 is 15.2 Å². The highest BCUT2D eigenvalue weighted by Crippen LogP contribution is 2.38. The van der Waals surface area contributed by atoms with Crippen molar-refractivity contribution >= 4 is 24.0 Å². The van der Waals surface area contributed by atoms with Gasteiger partial charge in [-0.05, 0) is 36.9 Å². The largest absolute Gasteiger partial charge is 0.493 e.